The van der Waals surface area contributed by atoms with Crippen molar-refractivity contribution in [3.05, 3.63) is 28.8 Å². The number of hydrogen-bond acceptors (Lipinski definition) is 4. The summed E-state index contributed by atoms with van der Waals surface area (Å²) in [6.07, 6.45) is -2.81. The minimum Gasteiger partial charge on any atom is -0.496 e. The Bertz CT molecular complexity index is 480. The number of methoxy groups -OCH3 is 2. The van der Waals surface area contributed by atoms with Gasteiger partial charge >= 0.3 is 5.97 Å². The second kappa shape index (κ2) is 5.25. The fraction of sp³-hybridized carbons (Fsp3) is 0.273. The molecule has 0 saturated heterocycles. The Morgan fingerprint density at radius 1 is 1.41 bits per heavy atom. The Morgan fingerprint density at radius 3 is 2.47 bits per heavy atom. The lowest BCUT2D eigenvalue weighted by Gasteiger charge is -2.10. The normalized spacial score (nSPS) is 9.88. The van der Waals surface area contributed by atoms with Gasteiger partial charge in [-0.2, -0.15) is 5.26 Å². The van der Waals surface area contributed by atoms with Crippen molar-refractivity contribution in [2.75, 3.05) is 14.2 Å². The summed E-state index contributed by atoms with van der Waals surface area (Å²) < 4.78 is 34.5. The van der Waals surface area contributed by atoms with Gasteiger partial charge in [-0.15, -0.1) is 0 Å². The van der Waals surface area contributed by atoms with Gasteiger partial charge in [-0.25, -0.2) is 13.6 Å². The van der Waals surface area contributed by atoms with Gasteiger partial charge in [-0.1, -0.05) is 0 Å². The zero-order chi connectivity index (χ0) is 13.0. The van der Waals surface area contributed by atoms with E-state index in [-0.39, 0.29) is 16.9 Å². The molecule has 1 aromatic carbocycles. The molecular formula is C11H9F2NO3. The third kappa shape index (κ3) is 2.50. The summed E-state index contributed by atoms with van der Waals surface area (Å²) in [6.45, 7) is 0. The van der Waals surface area contributed by atoms with Crippen LogP contribution in [0.4, 0.5) is 8.78 Å². The molecule has 0 aliphatic carbocycles. The fourth-order valence-electron chi connectivity index (χ4n) is 1.31. The first-order valence-corrected chi connectivity index (χ1v) is 4.53. The number of rotatable bonds is 3. The van der Waals surface area contributed by atoms with Gasteiger partial charge in [0, 0.05) is 5.56 Å². The summed E-state index contributed by atoms with van der Waals surface area (Å²) in [7, 11) is 2.39. The molecule has 6 heteroatoms. The van der Waals surface area contributed by atoms with Gasteiger partial charge in [0.2, 0.25) is 0 Å². The molecule has 1 rings (SSSR count). The van der Waals surface area contributed by atoms with Crippen molar-refractivity contribution < 1.29 is 23.0 Å². The van der Waals surface area contributed by atoms with Gasteiger partial charge in [0.15, 0.2) is 0 Å². The lowest BCUT2D eigenvalue weighted by Crippen LogP contribution is -2.06. The molecule has 4 nitrogen and oxygen atoms in total. The van der Waals surface area contributed by atoms with Crippen LogP contribution in [0.25, 0.3) is 0 Å². The predicted octanol–water partition coefficient (Wildman–Crippen LogP) is 2.29. The zero-order valence-corrected chi connectivity index (χ0v) is 9.16. The molecule has 0 aromatic heterocycles. The number of esters is 1. The van der Waals surface area contributed by atoms with Crippen molar-refractivity contribution in [3.8, 4) is 11.8 Å². The molecule has 0 bridgehead atoms. The first-order chi connectivity index (χ1) is 8.04. The number of nitrogens with zero attached hydrogens (tertiary/aromatic N) is 1. The molecule has 0 N–H and O–H groups in total. The number of benzene rings is 1. The Morgan fingerprint density at radius 2 is 2.06 bits per heavy atom. The number of halogens is 2. The SMILES string of the molecule is COC(=O)c1cc(C#N)c(C(F)F)cc1OC. The molecule has 0 unspecified atom stereocenters. The van der Waals surface area contributed by atoms with E-state index in [1.165, 1.54) is 7.11 Å². The molecule has 0 amide bonds. The molecular weight excluding hydrogens is 232 g/mol. The van der Waals surface area contributed by atoms with Crippen LogP contribution in [0, 0.1) is 11.3 Å². The van der Waals surface area contributed by atoms with Crippen molar-refractivity contribution >= 4 is 5.97 Å². The minimum atomic E-state index is -2.81. The van der Waals surface area contributed by atoms with E-state index in [0.717, 1.165) is 19.2 Å². The maximum absolute atomic E-state index is 12.6. The molecule has 0 fully saturated rings. The van der Waals surface area contributed by atoms with Crippen molar-refractivity contribution in [1.29, 1.82) is 5.26 Å². The maximum Gasteiger partial charge on any atom is 0.341 e. The zero-order valence-electron chi connectivity index (χ0n) is 9.16. The first kappa shape index (κ1) is 12.9. The number of alkyl halides is 2. The highest BCUT2D eigenvalue weighted by Crippen LogP contribution is 2.30. The average Bonchev–Trinajstić information content (AvgIpc) is 2.35. The topological polar surface area (TPSA) is 59.3 Å². The van der Waals surface area contributed by atoms with Crippen molar-refractivity contribution in [1.82, 2.24) is 0 Å². The van der Waals surface area contributed by atoms with E-state index in [1.807, 2.05) is 0 Å². The summed E-state index contributed by atoms with van der Waals surface area (Å²) >= 11 is 0. The highest BCUT2D eigenvalue weighted by molar-refractivity contribution is 5.93. The third-order valence-electron chi connectivity index (χ3n) is 2.13. The molecule has 0 atom stereocenters. The molecule has 0 saturated carbocycles. The molecule has 0 aliphatic rings. The van der Waals surface area contributed by atoms with Crippen LogP contribution in [0.2, 0.25) is 0 Å². The molecule has 0 heterocycles. The van der Waals surface area contributed by atoms with Crippen LogP contribution in [0.3, 0.4) is 0 Å². The van der Waals surface area contributed by atoms with E-state index in [0.29, 0.717) is 0 Å². The van der Waals surface area contributed by atoms with Crippen LogP contribution in [0.5, 0.6) is 5.75 Å². The van der Waals surface area contributed by atoms with Gasteiger partial charge in [0.1, 0.15) is 11.3 Å². The molecule has 17 heavy (non-hydrogen) atoms. The highest BCUT2D eigenvalue weighted by Gasteiger charge is 2.21. The van der Waals surface area contributed by atoms with E-state index >= 15 is 0 Å². The largest absolute Gasteiger partial charge is 0.496 e. The van der Waals surface area contributed by atoms with Crippen LogP contribution in [-0.4, -0.2) is 20.2 Å². The van der Waals surface area contributed by atoms with E-state index in [1.54, 1.807) is 6.07 Å². The number of carbonyl (C=O) groups excluding carboxylic acids is 1. The van der Waals surface area contributed by atoms with E-state index in [2.05, 4.69) is 4.74 Å². The highest BCUT2D eigenvalue weighted by atomic mass is 19.3. The quantitative estimate of drug-likeness (QED) is 0.762. The Balaban J connectivity index is 3.44. The molecule has 1 aromatic rings. The molecule has 90 valence electrons. The Labute approximate surface area is 96.4 Å². The Kier molecular flexibility index (Phi) is 3.99. The number of ether oxygens (including phenoxy) is 2. The van der Waals surface area contributed by atoms with Crippen molar-refractivity contribution in [2.45, 2.75) is 6.43 Å². The summed E-state index contributed by atoms with van der Waals surface area (Å²) in [5, 5.41) is 8.73. The average molecular weight is 241 g/mol. The lowest BCUT2D eigenvalue weighted by molar-refractivity contribution is 0.0596. The number of carbonyl (C=O) groups is 1. The van der Waals surface area contributed by atoms with Gasteiger partial charge in [0.25, 0.3) is 6.43 Å². The molecule has 0 radical (unpaired) electrons. The summed E-state index contributed by atoms with van der Waals surface area (Å²) in [5.74, 6) is -0.801. The van der Waals surface area contributed by atoms with Gasteiger partial charge < -0.3 is 9.47 Å². The lowest BCUT2D eigenvalue weighted by atomic mass is 10.0. The van der Waals surface area contributed by atoms with Gasteiger partial charge in [0.05, 0.1) is 25.9 Å². The monoisotopic (exact) mass is 241 g/mol. The van der Waals surface area contributed by atoms with Crippen LogP contribution >= 0.6 is 0 Å². The smallest absolute Gasteiger partial charge is 0.341 e. The summed E-state index contributed by atoms with van der Waals surface area (Å²) in [6, 6.07) is 3.61. The predicted molar refractivity (Wildman–Crippen MR) is 54.0 cm³/mol. The molecule has 0 spiro atoms. The van der Waals surface area contributed by atoms with Gasteiger partial charge in [-0.05, 0) is 12.1 Å². The second-order valence-corrected chi connectivity index (χ2v) is 3.04. The van der Waals surface area contributed by atoms with Crippen LogP contribution in [0.1, 0.15) is 27.9 Å². The fourth-order valence-corrected chi connectivity index (χ4v) is 1.31. The van der Waals surface area contributed by atoms with Crippen molar-refractivity contribution in [3.63, 3.8) is 0 Å². The second-order valence-electron chi connectivity index (χ2n) is 3.04. The van der Waals surface area contributed by atoms with Crippen LogP contribution in [-0.2, 0) is 4.74 Å². The third-order valence-corrected chi connectivity index (χ3v) is 2.13. The van der Waals surface area contributed by atoms with E-state index < -0.39 is 18.0 Å². The summed E-state index contributed by atoms with van der Waals surface area (Å²) in [5.41, 5.74) is -0.811. The number of hydrogen-bond donors (Lipinski definition) is 0. The molecule has 0 aliphatic heterocycles. The first-order valence-electron chi connectivity index (χ1n) is 4.53. The van der Waals surface area contributed by atoms with Crippen LogP contribution < -0.4 is 4.74 Å². The maximum atomic E-state index is 12.6. The summed E-state index contributed by atoms with van der Waals surface area (Å²) in [4.78, 5) is 11.3. The minimum absolute atomic E-state index is 0.0499. The standard InChI is InChI=1S/C11H9F2NO3/c1-16-9-4-7(10(12)13)6(5-14)3-8(9)11(15)17-2/h3-4,10H,1-2H3. The van der Waals surface area contributed by atoms with Crippen LogP contribution in [0.15, 0.2) is 12.1 Å². The van der Waals surface area contributed by atoms with Gasteiger partial charge in [-0.3, -0.25) is 0 Å². The van der Waals surface area contributed by atoms with E-state index in [9.17, 15) is 13.6 Å². The van der Waals surface area contributed by atoms with E-state index in [4.69, 9.17) is 10.00 Å². The number of nitriles is 1. The Hall–Kier alpha value is -2.16. The van der Waals surface area contributed by atoms with Crippen molar-refractivity contribution in [2.24, 2.45) is 0 Å².